The van der Waals surface area contributed by atoms with Gasteiger partial charge < -0.3 is 9.64 Å². The molecule has 126 valence electrons. The number of carbonyl (C=O) groups excluding carboxylic acids is 1. The first-order valence-electron chi connectivity index (χ1n) is 7.84. The Balaban J connectivity index is 2.09. The fourth-order valence-electron chi connectivity index (χ4n) is 2.22. The van der Waals surface area contributed by atoms with Crippen molar-refractivity contribution in [3.05, 3.63) is 59.7 Å². The highest BCUT2D eigenvalue weighted by Crippen LogP contribution is 2.14. The number of benzene rings is 2. The van der Waals surface area contributed by atoms with E-state index in [2.05, 4.69) is 10.5 Å². The lowest BCUT2D eigenvalue weighted by Crippen LogP contribution is -2.20. The molecule has 0 aliphatic carbocycles. The number of hydrazone groups is 1. The van der Waals surface area contributed by atoms with E-state index in [1.807, 2.05) is 62.3 Å². The highest BCUT2D eigenvalue weighted by atomic mass is 16.5. The van der Waals surface area contributed by atoms with E-state index in [0.717, 1.165) is 22.7 Å². The number of amides is 1. The van der Waals surface area contributed by atoms with Crippen molar-refractivity contribution >= 4 is 17.3 Å². The highest BCUT2D eigenvalue weighted by molar-refractivity contribution is 6.02. The number of nitrogens with one attached hydrogen (secondary N) is 1. The summed E-state index contributed by atoms with van der Waals surface area (Å²) in [5.74, 6) is 0.569. The summed E-state index contributed by atoms with van der Waals surface area (Å²) in [6.45, 7) is 2.00. The summed E-state index contributed by atoms with van der Waals surface area (Å²) in [6, 6.07) is 15.0. The lowest BCUT2D eigenvalue weighted by molar-refractivity contribution is 0.0955. The number of methoxy groups -OCH3 is 1. The van der Waals surface area contributed by atoms with Crippen molar-refractivity contribution in [3.8, 4) is 5.75 Å². The number of carbonyl (C=O) groups is 1. The molecule has 0 saturated carbocycles. The van der Waals surface area contributed by atoms with Gasteiger partial charge >= 0.3 is 0 Å². The number of hydrogen-bond acceptors (Lipinski definition) is 4. The second-order valence-electron chi connectivity index (χ2n) is 5.52. The third-order valence-electron chi connectivity index (χ3n) is 3.70. The van der Waals surface area contributed by atoms with E-state index in [1.165, 1.54) is 0 Å². The van der Waals surface area contributed by atoms with Gasteiger partial charge in [-0.25, -0.2) is 5.43 Å². The normalized spacial score (nSPS) is 11.1. The molecule has 1 amide bonds. The smallest absolute Gasteiger partial charge is 0.271 e. The third kappa shape index (κ3) is 4.35. The average Bonchev–Trinajstić information content (AvgIpc) is 2.62. The summed E-state index contributed by atoms with van der Waals surface area (Å²) < 4.78 is 5.15. The number of ether oxygens (including phenoxy) is 1. The molecule has 24 heavy (non-hydrogen) atoms. The fraction of sp³-hybridized carbons (Fsp3) is 0.263. The molecule has 0 heterocycles. The van der Waals surface area contributed by atoms with Gasteiger partial charge in [-0.15, -0.1) is 0 Å². The highest BCUT2D eigenvalue weighted by Gasteiger charge is 2.07. The summed E-state index contributed by atoms with van der Waals surface area (Å²) >= 11 is 0. The molecule has 0 atom stereocenters. The molecule has 0 aliphatic heterocycles. The first-order chi connectivity index (χ1) is 11.5. The second kappa shape index (κ2) is 8.15. The maximum Gasteiger partial charge on any atom is 0.271 e. The zero-order valence-electron chi connectivity index (χ0n) is 14.5. The first-order valence-corrected chi connectivity index (χ1v) is 7.84. The molecular formula is C19H23N3O2. The Morgan fingerprint density at radius 1 is 1.04 bits per heavy atom. The number of nitrogens with zero attached hydrogens (tertiary/aromatic N) is 2. The van der Waals surface area contributed by atoms with Crippen LogP contribution in [0.25, 0.3) is 0 Å². The molecule has 0 unspecified atom stereocenters. The molecule has 0 saturated heterocycles. The lowest BCUT2D eigenvalue weighted by Gasteiger charge is -2.12. The monoisotopic (exact) mass is 325 g/mol. The van der Waals surface area contributed by atoms with E-state index >= 15 is 0 Å². The maximum atomic E-state index is 12.2. The summed E-state index contributed by atoms with van der Waals surface area (Å²) in [7, 11) is 5.55. The van der Waals surface area contributed by atoms with Crippen molar-refractivity contribution in [1.29, 1.82) is 0 Å². The van der Waals surface area contributed by atoms with Crippen molar-refractivity contribution < 1.29 is 9.53 Å². The third-order valence-corrected chi connectivity index (χ3v) is 3.70. The SMILES string of the molecule is CC/C(=N\NC(=O)c1ccc(N(C)C)cc1)c1ccc(OC)cc1. The summed E-state index contributed by atoms with van der Waals surface area (Å²) in [6.07, 6.45) is 0.714. The zero-order chi connectivity index (χ0) is 17.5. The van der Waals surface area contributed by atoms with Crippen LogP contribution in [0.3, 0.4) is 0 Å². The topological polar surface area (TPSA) is 53.9 Å². The molecule has 0 fully saturated rings. The van der Waals surface area contributed by atoms with Crippen molar-refractivity contribution in [2.75, 3.05) is 26.1 Å². The van der Waals surface area contributed by atoms with Crippen LogP contribution in [0.1, 0.15) is 29.3 Å². The van der Waals surface area contributed by atoms with Crippen LogP contribution in [0, 0.1) is 0 Å². The van der Waals surface area contributed by atoms with Crippen LogP contribution < -0.4 is 15.1 Å². The van der Waals surface area contributed by atoms with Crippen LogP contribution in [0.15, 0.2) is 53.6 Å². The van der Waals surface area contributed by atoms with Crippen molar-refractivity contribution in [2.24, 2.45) is 5.10 Å². The van der Waals surface area contributed by atoms with Gasteiger partial charge in [0, 0.05) is 25.3 Å². The Morgan fingerprint density at radius 2 is 1.62 bits per heavy atom. The van der Waals surface area contributed by atoms with Crippen LogP contribution >= 0.6 is 0 Å². The van der Waals surface area contributed by atoms with E-state index in [0.29, 0.717) is 12.0 Å². The van der Waals surface area contributed by atoms with E-state index in [1.54, 1.807) is 19.2 Å². The molecular weight excluding hydrogens is 302 g/mol. The molecule has 0 aromatic heterocycles. The Kier molecular flexibility index (Phi) is 5.95. The summed E-state index contributed by atoms with van der Waals surface area (Å²) in [5.41, 5.74) is 6.03. The van der Waals surface area contributed by atoms with Gasteiger partial charge in [0.05, 0.1) is 12.8 Å². The van der Waals surface area contributed by atoms with E-state index < -0.39 is 0 Å². The van der Waals surface area contributed by atoms with Crippen LogP contribution in [0.4, 0.5) is 5.69 Å². The van der Waals surface area contributed by atoms with Gasteiger partial charge in [-0.3, -0.25) is 4.79 Å². The van der Waals surface area contributed by atoms with Gasteiger partial charge in [-0.05, 0) is 60.5 Å². The van der Waals surface area contributed by atoms with E-state index in [9.17, 15) is 4.79 Å². The quantitative estimate of drug-likeness (QED) is 0.655. The Hall–Kier alpha value is -2.82. The van der Waals surface area contributed by atoms with Gasteiger partial charge in [0.2, 0.25) is 0 Å². The minimum atomic E-state index is -0.222. The molecule has 1 N–H and O–H groups in total. The van der Waals surface area contributed by atoms with E-state index in [-0.39, 0.29) is 5.91 Å². The largest absolute Gasteiger partial charge is 0.497 e. The predicted octanol–water partition coefficient (Wildman–Crippen LogP) is 3.31. The molecule has 2 rings (SSSR count). The Morgan fingerprint density at radius 3 is 2.12 bits per heavy atom. The van der Waals surface area contributed by atoms with Crippen LogP contribution in [-0.4, -0.2) is 32.8 Å². The van der Waals surface area contributed by atoms with Gasteiger partial charge in [0.1, 0.15) is 5.75 Å². The maximum absolute atomic E-state index is 12.2. The average molecular weight is 325 g/mol. The predicted molar refractivity (Wildman–Crippen MR) is 98.1 cm³/mol. The van der Waals surface area contributed by atoms with Gasteiger partial charge in [0.25, 0.3) is 5.91 Å². The molecule has 5 heteroatoms. The fourth-order valence-corrected chi connectivity index (χ4v) is 2.22. The Bertz CT molecular complexity index is 704. The Labute approximate surface area is 142 Å². The van der Waals surface area contributed by atoms with Crippen LogP contribution in [0.5, 0.6) is 5.75 Å². The van der Waals surface area contributed by atoms with Gasteiger partial charge in [-0.1, -0.05) is 6.92 Å². The van der Waals surface area contributed by atoms with Crippen LogP contribution in [0.2, 0.25) is 0 Å². The number of anilines is 1. The van der Waals surface area contributed by atoms with Crippen molar-refractivity contribution in [2.45, 2.75) is 13.3 Å². The molecule has 0 spiro atoms. The first kappa shape index (κ1) is 17.5. The number of hydrogen-bond donors (Lipinski definition) is 1. The summed E-state index contributed by atoms with van der Waals surface area (Å²) in [4.78, 5) is 14.2. The molecule has 0 radical (unpaired) electrons. The van der Waals surface area contributed by atoms with Crippen LogP contribution in [-0.2, 0) is 0 Å². The summed E-state index contributed by atoms with van der Waals surface area (Å²) in [5, 5.41) is 4.27. The van der Waals surface area contributed by atoms with Crippen molar-refractivity contribution in [1.82, 2.24) is 5.43 Å². The molecule has 2 aromatic carbocycles. The molecule has 0 aliphatic rings. The number of rotatable bonds is 6. The standard InChI is InChI=1S/C19H23N3O2/c1-5-18(14-8-12-17(24-4)13-9-14)20-21-19(23)15-6-10-16(11-7-15)22(2)3/h6-13H,5H2,1-4H3,(H,21,23)/b20-18+. The minimum absolute atomic E-state index is 0.222. The van der Waals surface area contributed by atoms with Gasteiger partial charge in [0.15, 0.2) is 0 Å². The minimum Gasteiger partial charge on any atom is -0.497 e. The molecule has 2 aromatic rings. The lowest BCUT2D eigenvalue weighted by atomic mass is 10.1. The van der Waals surface area contributed by atoms with E-state index in [4.69, 9.17) is 4.74 Å². The van der Waals surface area contributed by atoms with Gasteiger partial charge in [-0.2, -0.15) is 5.10 Å². The zero-order valence-corrected chi connectivity index (χ0v) is 14.5. The molecule has 0 bridgehead atoms. The van der Waals surface area contributed by atoms with Crippen molar-refractivity contribution in [3.63, 3.8) is 0 Å². The molecule has 5 nitrogen and oxygen atoms in total. The second-order valence-corrected chi connectivity index (χ2v) is 5.52.